The van der Waals surface area contributed by atoms with Crippen LogP contribution in [0.4, 0.5) is 5.82 Å². The Balaban J connectivity index is 2.18. The number of nitrogens with one attached hydrogen (secondary N) is 1. The van der Waals surface area contributed by atoms with E-state index in [1.807, 2.05) is 6.92 Å². The van der Waals surface area contributed by atoms with Gasteiger partial charge in [-0.05, 0) is 19.1 Å². The van der Waals surface area contributed by atoms with Crippen LogP contribution in [0, 0.1) is 6.92 Å². The molecule has 0 aromatic carbocycles. The molecule has 2 rings (SSSR count). The summed E-state index contributed by atoms with van der Waals surface area (Å²) in [5, 5.41) is 0. The van der Waals surface area contributed by atoms with Crippen LogP contribution in [0.2, 0.25) is 0 Å². The van der Waals surface area contributed by atoms with Crippen molar-refractivity contribution in [3.05, 3.63) is 23.4 Å². The summed E-state index contributed by atoms with van der Waals surface area (Å²) in [4.78, 5) is 18.4. The maximum atomic E-state index is 12.5. The number of nitrogens with two attached hydrogens (primary N) is 1. The highest BCUT2D eigenvalue weighted by Gasteiger charge is 2.35. The molecule has 0 radical (unpaired) electrons. The number of likely N-dealkylation sites (tertiary alicyclic amines) is 1. The second-order valence-electron chi connectivity index (χ2n) is 4.79. The molecule has 110 valence electrons. The standard InChI is InChI=1S/C13H20N4O3/c1-8-4-9(5-12(15-8)16-14)13(18)17-6-10(19-2)11(7-17)20-3/h4-5,10-11H,6-7,14H2,1-3H3,(H,15,16). The molecule has 1 saturated heterocycles. The Bertz CT molecular complexity index is 483. The van der Waals surface area contributed by atoms with E-state index in [2.05, 4.69) is 10.4 Å². The summed E-state index contributed by atoms with van der Waals surface area (Å²) in [6.07, 6.45) is -0.196. The third kappa shape index (κ3) is 2.90. The van der Waals surface area contributed by atoms with Gasteiger partial charge in [0.25, 0.3) is 5.91 Å². The molecule has 7 heteroatoms. The Hall–Kier alpha value is -1.70. The summed E-state index contributed by atoms with van der Waals surface area (Å²) in [5.74, 6) is 5.75. The van der Waals surface area contributed by atoms with Gasteiger partial charge in [0.05, 0.1) is 0 Å². The van der Waals surface area contributed by atoms with Crippen LogP contribution in [0.1, 0.15) is 16.1 Å². The smallest absolute Gasteiger partial charge is 0.254 e. The number of aryl methyl sites for hydroxylation is 1. The van der Waals surface area contributed by atoms with Crippen LogP contribution in [-0.2, 0) is 9.47 Å². The third-order valence-corrected chi connectivity index (χ3v) is 3.46. The van der Waals surface area contributed by atoms with Crippen molar-refractivity contribution >= 4 is 11.7 Å². The van der Waals surface area contributed by atoms with Crippen LogP contribution in [0.3, 0.4) is 0 Å². The fraction of sp³-hybridized carbons (Fsp3) is 0.538. The maximum absolute atomic E-state index is 12.5. The molecule has 0 saturated carbocycles. The van der Waals surface area contributed by atoms with Crippen molar-refractivity contribution in [1.82, 2.24) is 9.88 Å². The average Bonchev–Trinajstić information content (AvgIpc) is 2.88. The summed E-state index contributed by atoms with van der Waals surface area (Å²) in [7, 11) is 3.25. The Kier molecular flexibility index (Phi) is 4.53. The zero-order chi connectivity index (χ0) is 14.7. The van der Waals surface area contributed by atoms with E-state index in [0.29, 0.717) is 24.5 Å². The van der Waals surface area contributed by atoms with E-state index in [1.54, 1.807) is 31.3 Å². The number of nitrogen functional groups attached to an aromatic ring is 1. The molecule has 7 nitrogen and oxygen atoms in total. The van der Waals surface area contributed by atoms with Crippen LogP contribution >= 0.6 is 0 Å². The molecule has 2 atom stereocenters. The first kappa shape index (κ1) is 14.7. The van der Waals surface area contributed by atoms with Crippen molar-refractivity contribution in [3.8, 4) is 0 Å². The molecule has 1 aromatic heterocycles. The zero-order valence-electron chi connectivity index (χ0n) is 11.9. The Labute approximate surface area is 118 Å². The Morgan fingerprint density at radius 3 is 2.45 bits per heavy atom. The summed E-state index contributed by atoms with van der Waals surface area (Å²) in [5.41, 5.74) is 3.75. The number of rotatable bonds is 4. The summed E-state index contributed by atoms with van der Waals surface area (Å²) in [6, 6.07) is 3.38. The number of ether oxygens (including phenoxy) is 2. The van der Waals surface area contributed by atoms with Crippen molar-refractivity contribution in [1.29, 1.82) is 0 Å². The minimum absolute atomic E-state index is 0.0754. The summed E-state index contributed by atoms with van der Waals surface area (Å²) in [6.45, 7) is 2.85. The van der Waals surface area contributed by atoms with Crippen molar-refractivity contribution in [2.24, 2.45) is 5.84 Å². The van der Waals surface area contributed by atoms with Gasteiger partial charge >= 0.3 is 0 Å². The monoisotopic (exact) mass is 280 g/mol. The van der Waals surface area contributed by atoms with Gasteiger partial charge in [0, 0.05) is 38.6 Å². The van der Waals surface area contributed by atoms with Gasteiger partial charge in [-0.3, -0.25) is 4.79 Å². The first-order valence-corrected chi connectivity index (χ1v) is 6.39. The van der Waals surface area contributed by atoms with E-state index in [1.165, 1.54) is 0 Å². The lowest BCUT2D eigenvalue weighted by molar-refractivity contribution is -0.00461. The number of carbonyl (C=O) groups excluding carboxylic acids is 1. The van der Waals surface area contributed by atoms with E-state index >= 15 is 0 Å². The summed E-state index contributed by atoms with van der Waals surface area (Å²) < 4.78 is 10.7. The number of amides is 1. The van der Waals surface area contributed by atoms with Gasteiger partial charge in [0.2, 0.25) is 0 Å². The molecule has 0 spiro atoms. The Morgan fingerprint density at radius 1 is 1.35 bits per heavy atom. The molecule has 1 aromatic rings. The van der Waals surface area contributed by atoms with E-state index in [9.17, 15) is 4.79 Å². The largest absolute Gasteiger partial charge is 0.377 e. The topological polar surface area (TPSA) is 89.7 Å². The first-order valence-electron chi connectivity index (χ1n) is 6.39. The number of aromatic nitrogens is 1. The van der Waals surface area contributed by atoms with Gasteiger partial charge in [-0.25, -0.2) is 10.8 Å². The quantitative estimate of drug-likeness (QED) is 0.603. The molecule has 1 aliphatic heterocycles. The predicted octanol–water partition coefficient (Wildman–Crippen LogP) is 0.161. The molecular formula is C13H20N4O3. The normalized spacial score (nSPS) is 22.1. The van der Waals surface area contributed by atoms with Crippen molar-refractivity contribution in [2.45, 2.75) is 19.1 Å². The molecule has 2 heterocycles. The van der Waals surface area contributed by atoms with Crippen LogP contribution in [0.25, 0.3) is 0 Å². The third-order valence-electron chi connectivity index (χ3n) is 3.46. The highest BCUT2D eigenvalue weighted by atomic mass is 16.5. The number of nitrogens with zero attached hydrogens (tertiary/aromatic N) is 2. The highest BCUT2D eigenvalue weighted by Crippen LogP contribution is 2.19. The SMILES string of the molecule is COC1CN(C(=O)c2cc(C)nc(NN)c2)CC1OC. The first-order chi connectivity index (χ1) is 9.58. The Morgan fingerprint density at radius 2 is 1.95 bits per heavy atom. The number of anilines is 1. The molecule has 0 aliphatic carbocycles. The molecule has 3 N–H and O–H groups in total. The van der Waals surface area contributed by atoms with Crippen molar-refractivity contribution in [2.75, 3.05) is 32.7 Å². The van der Waals surface area contributed by atoms with Gasteiger partial charge in [0.15, 0.2) is 0 Å². The number of hydrogen-bond acceptors (Lipinski definition) is 6. The van der Waals surface area contributed by atoms with E-state index in [4.69, 9.17) is 15.3 Å². The molecule has 1 amide bonds. The van der Waals surface area contributed by atoms with Crippen LogP contribution in [-0.4, -0.2) is 55.3 Å². The van der Waals surface area contributed by atoms with E-state index in [-0.39, 0.29) is 18.1 Å². The number of hydrogen-bond donors (Lipinski definition) is 2. The molecular weight excluding hydrogens is 260 g/mol. The summed E-state index contributed by atoms with van der Waals surface area (Å²) >= 11 is 0. The molecule has 1 fully saturated rings. The van der Waals surface area contributed by atoms with Gasteiger partial charge in [-0.1, -0.05) is 0 Å². The highest BCUT2D eigenvalue weighted by molar-refractivity contribution is 5.95. The lowest BCUT2D eigenvalue weighted by Crippen LogP contribution is -2.30. The average molecular weight is 280 g/mol. The fourth-order valence-electron chi connectivity index (χ4n) is 2.41. The number of carbonyl (C=O) groups is 1. The molecule has 1 aliphatic rings. The number of methoxy groups -OCH3 is 2. The molecule has 20 heavy (non-hydrogen) atoms. The number of pyridine rings is 1. The van der Waals surface area contributed by atoms with E-state index < -0.39 is 0 Å². The van der Waals surface area contributed by atoms with E-state index in [0.717, 1.165) is 5.69 Å². The fourth-order valence-corrected chi connectivity index (χ4v) is 2.41. The maximum Gasteiger partial charge on any atom is 0.254 e. The van der Waals surface area contributed by atoms with Crippen LogP contribution in [0.5, 0.6) is 0 Å². The minimum atomic E-state index is -0.0982. The lowest BCUT2D eigenvalue weighted by Gasteiger charge is -2.16. The molecule has 2 unspecified atom stereocenters. The second kappa shape index (κ2) is 6.17. The molecule has 0 bridgehead atoms. The lowest BCUT2D eigenvalue weighted by atomic mass is 10.2. The van der Waals surface area contributed by atoms with Crippen LogP contribution < -0.4 is 11.3 Å². The minimum Gasteiger partial charge on any atom is -0.377 e. The zero-order valence-corrected chi connectivity index (χ0v) is 11.9. The van der Waals surface area contributed by atoms with Crippen molar-refractivity contribution < 1.29 is 14.3 Å². The van der Waals surface area contributed by atoms with Gasteiger partial charge in [0.1, 0.15) is 18.0 Å². The van der Waals surface area contributed by atoms with Gasteiger partial charge in [-0.2, -0.15) is 0 Å². The van der Waals surface area contributed by atoms with Crippen LogP contribution in [0.15, 0.2) is 12.1 Å². The van der Waals surface area contributed by atoms with Gasteiger partial charge < -0.3 is 19.8 Å². The number of hydrazine groups is 1. The predicted molar refractivity (Wildman–Crippen MR) is 74.3 cm³/mol. The van der Waals surface area contributed by atoms with Gasteiger partial charge in [-0.15, -0.1) is 0 Å². The second-order valence-corrected chi connectivity index (χ2v) is 4.79. The van der Waals surface area contributed by atoms with Crippen molar-refractivity contribution in [3.63, 3.8) is 0 Å².